The molecule has 3 aromatic rings. The Bertz CT molecular complexity index is 1380. The Hall–Kier alpha value is -3.95. The fourth-order valence-electron chi connectivity index (χ4n) is 4.95. The lowest BCUT2D eigenvalue weighted by atomic mass is 9.80. The number of anilines is 2. The number of carbonyl (C=O) groups excluding carboxylic acids is 1. The predicted octanol–water partition coefficient (Wildman–Crippen LogP) is 3.43. The van der Waals surface area contributed by atoms with Gasteiger partial charge in [0, 0.05) is 31.0 Å². The quantitative estimate of drug-likeness (QED) is 0.494. The second-order valence-electron chi connectivity index (χ2n) is 9.79. The molecule has 1 amide bonds. The molecule has 1 aromatic carbocycles. The van der Waals surface area contributed by atoms with Crippen LogP contribution in [0.1, 0.15) is 55.9 Å². The molecule has 2 fully saturated rings. The maximum absolute atomic E-state index is 13.2. The fraction of sp³-hybridized carbons (Fsp3) is 0.423. The largest absolute Gasteiger partial charge is 0.457 e. The average Bonchev–Trinajstić information content (AvgIpc) is 3.63. The van der Waals surface area contributed by atoms with Crippen molar-refractivity contribution >= 4 is 17.5 Å². The van der Waals surface area contributed by atoms with E-state index >= 15 is 0 Å². The molecule has 10 heteroatoms. The Morgan fingerprint density at radius 2 is 1.81 bits per heavy atom. The van der Waals surface area contributed by atoms with Crippen molar-refractivity contribution < 1.29 is 9.53 Å². The van der Waals surface area contributed by atoms with Crippen molar-refractivity contribution in [1.29, 1.82) is 0 Å². The number of aromatic nitrogens is 4. The van der Waals surface area contributed by atoms with Crippen molar-refractivity contribution in [2.75, 3.05) is 5.32 Å². The molecule has 0 unspecified atom stereocenters. The monoisotopic (exact) mass is 490 g/mol. The van der Waals surface area contributed by atoms with Gasteiger partial charge in [0.1, 0.15) is 17.2 Å². The standard InChI is InChI=1S/C26H30N6O4/c1-2-31-24(34)30-23(32(25(31)35)16-17-7-10-26(11-8-17)12-13-26)29-18-3-5-19(6-4-18)36-20-9-14-28-21(15-20)22(27)33/h3-6,9,14-15,17H,2,7-8,10-13,16H2,1H3,(H2,27,33)(H,29,30,34). The van der Waals surface area contributed by atoms with Crippen molar-refractivity contribution in [2.45, 2.75) is 58.5 Å². The van der Waals surface area contributed by atoms with Crippen molar-refractivity contribution in [3.63, 3.8) is 0 Å². The molecule has 0 bridgehead atoms. The number of benzene rings is 1. The van der Waals surface area contributed by atoms with Crippen LogP contribution in [0, 0.1) is 11.3 Å². The van der Waals surface area contributed by atoms with Crippen LogP contribution in [0.5, 0.6) is 11.5 Å². The average molecular weight is 491 g/mol. The normalized spacial score (nSPS) is 16.6. The second-order valence-corrected chi connectivity index (χ2v) is 9.79. The molecule has 188 valence electrons. The van der Waals surface area contributed by atoms with Crippen molar-refractivity contribution in [3.8, 4) is 11.5 Å². The molecular weight excluding hydrogens is 460 g/mol. The lowest BCUT2D eigenvalue weighted by Gasteiger charge is -2.29. The number of carbonyl (C=O) groups is 1. The molecule has 0 aliphatic heterocycles. The van der Waals surface area contributed by atoms with Gasteiger partial charge in [-0.3, -0.25) is 14.3 Å². The number of amides is 1. The van der Waals surface area contributed by atoms with E-state index in [9.17, 15) is 14.4 Å². The molecule has 2 aliphatic carbocycles. The van der Waals surface area contributed by atoms with Gasteiger partial charge in [0.2, 0.25) is 5.95 Å². The van der Waals surface area contributed by atoms with Crippen LogP contribution in [0.2, 0.25) is 0 Å². The summed E-state index contributed by atoms with van der Waals surface area (Å²) in [5, 5.41) is 3.15. The molecule has 10 nitrogen and oxygen atoms in total. The highest BCUT2D eigenvalue weighted by atomic mass is 16.5. The summed E-state index contributed by atoms with van der Waals surface area (Å²) in [5.41, 5.74) is 5.72. The number of nitrogens with two attached hydrogens (primary N) is 1. The number of nitrogens with zero attached hydrogens (tertiary/aromatic N) is 4. The van der Waals surface area contributed by atoms with Gasteiger partial charge >= 0.3 is 11.4 Å². The number of nitrogens with one attached hydrogen (secondary N) is 1. The second kappa shape index (κ2) is 9.60. The van der Waals surface area contributed by atoms with E-state index in [0.717, 1.165) is 12.8 Å². The maximum atomic E-state index is 13.2. The number of ether oxygens (including phenoxy) is 1. The first kappa shape index (κ1) is 23.8. The SMILES string of the molecule is CCn1c(=O)nc(Nc2ccc(Oc3ccnc(C(N)=O)c3)cc2)n(CC2CCC3(CC2)CC3)c1=O. The number of rotatable bonds is 8. The van der Waals surface area contributed by atoms with E-state index in [1.807, 2.05) is 0 Å². The van der Waals surface area contributed by atoms with Gasteiger partial charge in [-0.15, -0.1) is 0 Å². The van der Waals surface area contributed by atoms with Gasteiger partial charge < -0.3 is 15.8 Å². The highest BCUT2D eigenvalue weighted by Crippen LogP contribution is 2.57. The summed E-state index contributed by atoms with van der Waals surface area (Å²) >= 11 is 0. The van der Waals surface area contributed by atoms with Crippen LogP contribution < -0.4 is 27.2 Å². The van der Waals surface area contributed by atoms with Gasteiger partial charge in [-0.05, 0) is 87.1 Å². The molecule has 3 N–H and O–H groups in total. The predicted molar refractivity (Wildman–Crippen MR) is 135 cm³/mol. The van der Waals surface area contributed by atoms with Crippen LogP contribution in [0.15, 0.2) is 52.2 Å². The molecule has 0 radical (unpaired) electrons. The van der Waals surface area contributed by atoms with Crippen LogP contribution in [0.4, 0.5) is 11.6 Å². The summed E-state index contributed by atoms with van der Waals surface area (Å²) in [7, 11) is 0. The zero-order valence-electron chi connectivity index (χ0n) is 20.3. The summed E-state index contributed by atoms with van der Waals surface area (Å²) in [6, 6.07) is 10.1. The Morgan fingerprint density at radius 3 is 2.44 bits per heavy atom. The number of pyridine rings is 1. The molecule has 0 saturated heterocycles. The van der Waals surface area contributed by atoms with E-state index in [4.69, 9.17) is 10.5 Å². The Balaban J connectivity index is 1.34. The first-order valence-electron chi connectivity index (χ1n) is 12.4. The van der Waals surface area contributed by atoms with E-state index < -0.39 is 11.6 Å². The molecule has 2 saturated carbocycles. The van der Waals surface area contributed by atoms with E-state index in [-0.39, 0.29) is 23.9 Å². The molecular formula is C26H30N6O4. The van der Waals surface area contributed by atoms with Crippen molar-refractivity contribution in [2.24, 2.45) is 17.1 Å². The van der Waals surface area contributed by atoms with Crippen molar-refractivity contribution in [3.05, 3.63) is 69.3 Å². The molecule has 2 aliphatic rings. The van der Waals surface area contributed by atoms with Gasteiger partial charge in [-0.2, -0.15) is 4.98 Å². The van der Waals surface area contributed by atoms with Gasteiger partial charge in [0.15, 0.2) is 0 Å². The number of hydrogen-bond donors (Lipinski definition) is 2. The Labute approximate surface area is 208 Å². The molecule has 1 spiro atoms. The van der Waals surface area contributed by atoms with Crippen LogP contribution in [0.3, 0.4) is 0 Å². The smallest absolute Gasteiger partial charge is 0.354 e. The molecule has 2 aromatic heterocycles. The highest BCUT2D eigenvalue weighted by molar-refractivity contribution is 5.91. The lowest BCUT2D eigenvalue weighted by molar-refractivity contribution is 0.0995. The van der Waals surface area contributed by atoms with Crippen molar-refractivity contribution in [1.82, 2.24) is 19.1 Å². The molecule has 2 heterocycles. The van der Waals surface area contributed by atoms with Crippen LogP contribution >= 0.6 is 0 Å². The zero-order valence-corrected chi connectivity index (χ0v) is 20.3. The first-order chi connectivity index (χ1) is 17.4. The van der Waals surface area contributed by atoms with E-state index in [1.165, 1.54) is 42.5 Å². The molecule has 36 heavy (non-hydrogen) atoms. The first-order valence-corrected chi connectivity index (χ1v) is 12.4. The fourth-order valence-corrected chi connectivity index (χ4v) is 4.95. The molecule has 0 atom stereocenters. The third-order valence-electron chi connectivity index (χ3n) is 7.36. The van der Waals surface area contributed by atoms with Crippen LogP contribution in [0.25, 0.3) is 0 Å². The summed E-state index contributed by atoms with van der Waals surface area (Å²) < 4.78 is 8.56. The van der Waals surface area contributed by atoms with E-state index in [1.54, 1.807) is 41.8 Å². The maximum Gasteiger partial charge on any atom is 0.354 e. The van der Waals surface area contributed by atoms with Crippen LogP contribution in [-0.4, -0.2) is 25.0 Å². The van der Waals surface area contributed by atoms with Crippen LogP contribution in [-0.2, 0) is 13.1 Å². The summed E-state index contributed by atoms with van der Waals surface area (Å²) in [5.74, 6) is 0.962. The number of hydrogen-bond acceptors (Lipinski definition) is 7. The van der Waals surface area contributed by atoms with E-state index in [0.29, 0.717) is 35.1 Å². The lowest BCUT2D eigenvalue weighted by Crippen LogP contribution is -2.43. The minimum absolute atomic E-state index is 0.113. The van der Waals surface area contributed by atoms with Gasteiger partial charge in [0.05, 0.1) is 0 Å². The Morgan fingerprint density at radius 1 is 1.08 bits per heavy atom. The molecule has 5 rings (SSSR count). The summed E-state index contributed by atoms with van der Waals surface area (Å²) in [6.45, 7) is 2.58. The van der Waals surface area contributed by atoms with Gasteiger partial charge in [-0.1, -0.05) is 0 Å². The highest BCUT2D eigenvalue weighted by Gasteiger charge is 2.44. The summed E-state index contributed by atoms with van der Waals surface area (Å²) in [6.07, 6.45) is 8.74. The minimum Gasteiger partial charge on any atom is -0.457 e. The summed E-state index contributed by atoms with van der Waals surface area (Å²) in [4.78, 5) is 45.1. The minimum atomic E-state index is -0.635. The third kappa shape index (κ3) is 5.02. The third-order valence-corrected chi connectivity index (χ3v) is 7.36. The number of primary amides is 1. The van der Waals surface area contributed by atoms with Gasteiger partial charge in [-0.25, -0.2) is 14.2 Å². The van der Waals surface area contributed by atoms with Gasteiger partial charge in [0.25, 0.3) is 5.91 Å². The topological polar surface area (TPSA) is 134 Å². The Kier molecular flexibility index (Phi) is 6.34. The zero-order chi connectivity index (χ0) is 25.3. The van der Waals surface area contributed by atoms with E-state index in [2.05, 4.69) is 15.3 Å².